The van der Waals surface area contributed by atoms with Gasteiger partial charge >= 0.3 is 16.9 Å². The molecule has 86 valence electrons. The first-order valence-electron chi connectivity index (χ1n) is 5.42. The molecule has 0 spiro atoms. The zero-order valence-electron chi connectivity index (χ0n) is 9.34. The molecule has 0 bridgehead atoms. The van der Waals surface area contributed by atoms with Gasteiger partial charge in [-0.15, -0.1) is 0 Å². The Balaban J connectivity index is 2.43. The van der Waals surface area contributed by atoms with Crippen LogP contribution in [0.5, 0.6) is 0 Å². The Labute approximate surface area is 97.7 Å². The monoisotopic (exact) mass is 240 g/mol. The molecule has 0 aliphatic carbocycles. The summed E-state index contributed by atoms with van der Waals surface area (Å²) in [6.07, 6.45) is 1.41. The molecule has 0 radical (unpaired) electrons. The average Bonchev–Trinajstić information content (AvgIpc) is 2.74. The van der Waals surface area contributed by atoms with Crippen molar-refractivity contribution in [3.63, 3.8) is 0 Å². The Morgan fingerprint density at radius 3 is 2.88 bits per heavy atom. The largest absolute Gasteiger partial charge is 0.373 e. The van der Waals surface area contributed by atoms with Crippen LogP contribution in [0.4, 0.5) is 5.13 Å². The topological polar surface area (TPSA) is 54.2 Å². The Kier molecular flexibility index (Phi) is 3.00. The molecule has 1 aromatic heterocycles. The van der Waals surface area contributed by atoms with E-state index in [1.54, 1.807) is 10.4 Å². The number of amides is 1. The van der Waals surface area contributed by atoms with Crippen molar-refractivity contribution >= 4 is 28.3 Å². The summed E-state index contributed by atoms with van der Waals surface area (Å²) in [6, 6.07) is 0. The van der Waals surface area contributed by atoms with Crippen LogP contribution in [0.25, 0.3) is 0 Å². The van der Waals surface area contributed by atoms with Gasteiger partial charge in [-0.2, -0.15) is 4.90 Å². The Morgan fingerprint density at radius 1 is 1.50 bits per heavy atom. The van der Waals surface area contributed by atoms with Gasteiger partial charge in [0.2, 0.25) is 0 Å². The molecule has 5 nitrogen and oxygen atoms in total. The van der Waals surface area contributed by atoms with E-state index >= 15 is 0 Å². The van der Waals surface area contributed by atoms with E-state index in [4.69, 9.17) is 0 Å². The molecule has 1 aliphatic rings. The van der Waals surface area contributed by atoms with Crippen molar-refractivity contribution in [1.29, 1.82) is 0 Å². The average molecular weight is 240 g/mol. The molecule has 0 N–H and O–H groups in total. The van der Waals surface area contributed by atoms with Gasteiger partial charge < -0.3 is 0 Å². The molecule has 1 atom stereocenters. The lowest BCUT2D eigenvalue weighted by molar-refractivity contribution is -0.623. The van der Waals surface area contributed by atoms with Crippen molar-refractivity contribution in [1.82, 2.24) is 5.10 Å². The van der Waals surface area contributed by atoms with Crippen LogP contribution < -0.4 is 9.58 Å². The van der Waals surface area contributed by atoms with E-state index in [2.05, 4.69) is 5.10 Å². The molecular weight excluding hydrogens is 226 g/mol. The second kappa shape index (κ2) is 4.29. The van der Waals surface area contributed by atoms with Crippen molar-refractivity contribution < 1.29 is 14.3 Å². The predicted octanol–water partition coefficient (Wildman–Crippen LogP) is 0.854. The maximum atomic E-state index is 12.1. The van der Waals surface area contributed by atoms with Gasteiger partial charge in [-0.1, -0.05) is 23.1 Å². The third kappa shape index (κ3) is 1.53. The fourth-order valence-electron chi connectivity index (χ4n) is 1.91. The van der Waals surface area contributed by atoms with Crippen molar-refractivity contribution in [2.45, 2.75) is 26.7 Å². The van der Waals surface area contributed by atoms with Gasteiger partial charge in [-0.05, 0) is 24.7 Å². The van der Waals surface area contributed by atoms with E-state index in [1.807, 2.05) is 13.8 Å². The van der Waals surface area contributed by atoms with Crippen LogP contribution in [0.3, 0.4) is 0 Å². The van der Waals surface area contributed by atoms with Crippen molar-refractivity contribution in [2.24, 2.45) is 5.92 Å². The summed E-state index contributed by atoms with van der Waals surface area (Å²) in [5.74, 6) is -0.823. The lowest BCUT2D eigenvalue weighted by Crippen LogP contribution is -2.61. The molecular formula is C10H14N3O2S+. The highest BCUT2D eigenvalue weighted by Crippen LogP contribution is 2.24. The van der Waals surface area contributed by atoms with Gasteiger partial charge in [0.25, 0.3) is 0 Å². The highest BCUT2D eigenvalue weighted by molar-refractivity contribution is 7.13. The second-order valence-electron chi connectivity index (χ2n) is 3.70. The minimum atomic E-state index is -0.551. The summed E-state index contributed by atoms with van der Waals surface area (Å²) in [5, 5.41) is 4.62. The standard InChI is InChI=1S/C10H14N3O2S/c1-3-5-7-8(14)12(4-2)10-13(9(7)15)11-6-16-10/h6-7H,3-5H2,1-2H3/q+1. The fourth-order valence-corrected chi connectivity index (χ4v) is 2.73. The lowest BCUT2D eigenvalue weighted by atomic mass is 10.00. The first kappa shape index (κ1) is 11.2. The fraction of sp³-hybridized carbons (Fsp3) is 0.600. The summed E-state index contributed by atoms with van der Waals surface area (Å²) in [5.41, 5.74) is 1.59. The first-order valence-corrected chi connectivity index (χ1v) is 6.30. The minimum Gasteiger partial charge on any atom is -0.246 e. The summed E-state index contributed by atoms with van der Waals surface area (Å²) >= 11 is 1.32. The normalized spacial score (nSPS) is 20.1. The molecule has 1 amide bonds. The minimum absolute atomic E-state index is 0.0846. The van der Waals surface area contributed by atoms with Gasteiger partial charge in [0.05, 0.1) is 6.54 Å². The molecule has 1 aliphatic heterocycles. The molecule has 6 heteroatoms. The Hall–Kier alpha value is -1.30. The van der Waals surface area contributed by atoms with E-state index in [9.17, 15) is 9.59 Å². The SMILES string of the molecule is CCCC1C(=O)N(CC)c2scn[n+]2C1=O. The van der Waals surface area contributed by atoms with Crippen LogP contribution in [-0.4, -0.2) is 23.5 Å². The Bertz CT molecular complexity index is 429. The number of anilines is 1. The number of hydrogen-bond acceptors (Lipinski definition) is 4. The van der Waals surface area contributed by atoms with Crippen molar-refractivity contribution in [2.75, 3.05) is 11.4 Å². The third-order valence-electron chi connectivity index (χ3n) is 2.70. The molecule has 2 heterocycles. The number of carbonyl (C=O) groups is 2. The van der Waals surface area contributed by atoms with Gasteiger partial charge in [-0.25, -0.2) is 9.59 Å². The van der Waals surface area contributed by atoms with Gasteiger partial charge in [-0.3, -0.25) is 0 Å². The van der Waals surface area contributed by atoms with E-state index in [0.29, 0.717) is 18.1 Å². The van der Waals surface area contributed by atoms with Gasteiger partial charge in [0, 0.05) is 0 Å². The van der Waals surface area contributed by atoms with Gasteiger partial charge in [0.15, 0.2) is 5.92 Å². The van der Waals surface area contributed by atoms with E-state index in [0.717, 1.165) is 6.42 Å². The highest BCUT2D eigenvalue weighted by Gasteiger charge is 2.47. The molecule has 0 saturated heterocycles. The second-order valence-corrected chi connectivity index (χ2v) is 4.51. The molecule has 0 saturated carbocycles. The highest BCUT2D eigenvalue weighted by atomic mass is 32.1. The number of carbonyl (C=O) groups excluding carboxylic acids is 2. The number of nitrogens with zero attached hydrogens (tertiary/aromatic N) is 3. The number of fused-ring (bicyclic) bond motifs is 1. The van der Waals surface area contributed by atoms with Crippen LogP contribution >= 0.6 is 11.3 Å². The van der Waals surface area contributed by atoms with Crippen molar-refractivity contribution in [3.8, 4) is 0 Å². The number of hydrogen-bond donors (Lipinski definition) is 0. The maximum Gasteiger partial charge on any atom is 0.373 e. The van der Waals surface area contributed by atoms with E-state index in [1.165, 1.54) is 16.0 Å². The van der Waals surface area contributed by atoms with Crippen LogP contribution in [0.1, 0.15) is 31.5 Å². The molecule has 0 aromatic carbocycles. The molecule has 1 unspecified atom stereocenters. The zero-order chi connectivity index (χ0) is 11.7. The lowest BCUT2D eigenvalue weighted by Gasteiger charge is -2.20. The van der Waals surface area contributed by atoms with E-state index in [-0.39, 0.29) is 11.8 Å². The predicted molar refractivity (Wildman–Crippen MR) is 59.4 cm³/mol. The van der Waals surface area contributed by atoms with Gasteiger partial charge in [0.1, 0.15) is 5.51 Å². The van der Waals surface area contributed by atoms with Crippen LogP contribution in [0.15, 0.2) is 5.51 Å². The summed E-state index contributed by atoms with van der Waals surface area (Å²) < 4.78 is 1.36. The summed E-state index contributed by atoms with van der Waals surface area (Å²) in [7, 11) is 0. The maximum absolute atomic E-state index is 12.1. The molecule has 0 fully saturated rings. The summed E-state index contributed by atoms with van der Waals surface area (Å²) in [6.45, 7) is 4.45. The van der Waals surface area contributed by atoms with Crippen LogP contribution in [0, 0.1) is 5.92 Å². The molecule has 16 heavy (non-hydrogen) atoms. The number of aromatic nitrogens is 2. The molecule has 1 aromatic rings. The smallest absolute Gasteiger partial charge is 0.246 e. The van der Waals surface area contributed by atoms with Crippen molar-refractivity contribution in [3.05, 3.63) is 5.51 Å². The summed E-state index contributed by atoms with van der Waals surface area (Å²) in [4.78, 5) is 25.7. The molecule has 2 rings (SSSR count). The van der Waals surface area contributed by atoms with E-state index < -0.39 is 5.92 Å². The third-order valence-corrected chi connectivity index (χ3v) is 3.50. The van der Waals surface area contributed by atoms with Crippen LogP contribution in [-0.2, 0) is 4.79 Å². The van der Waals surface area contributed by atoms with Crippen LogP contribution in [0.2, 0.25) is 0 Å². The zero-order valence-corrected chi connectivity index (χ0v) is 10.2. The Morgan fingerprint density at radius 2 is 2.25 bits per heavy atom. The quantitative estimate of drug-likeness (QED) is 0.581. The number of rotatable bonds is 3. The first-order chi connectivity index (χ1) is 7.70.